The zero-order valence-electron chi connectivity index (χ0n) is 8.33. The Bertz CT molecular complexity index is 338. The first-order valence-corrected chi connectivity index (χ1v) is 5.38. The third kappa shape index (κ3) is 1.67. The molecule has 0 aliphatic carbocycles. The van der Waals surface area contributed by atoms with E-state index in [1.54, 1.807) is 0 Å². The summed E-state index contributed by atoms with van der Waals surface area (Å²) in [5.41, 5.74) is 7.64. The van der Waals surface area contributed by atoms with Crippen molar-refractivity contribution in [3.05, 3.63) is 23.2 Å². The maximum atomic E-state index is 5.88. The zero-order valence-corrected chi connectivity index (χ0v) is 9.09. The van der Waals surface area contributed by atoms with E-state index in [0.717, 1.165) is 6.54 Å². The fraction of sp³-hybridized carbons (Fsp3) is 0.455. The summed E-state index contributed by atoms with van der Waals surface area (Å²) in [5, 5.41) is 0.639. The monoisotopic (exact) mass is 210 g/mol. The first kappa shape index (κ1) is 9.66. The molecule has 2 rings (SSSR count). The number of nitrogen functional groups attached to an aromatic ring is 1. The average molecular weight is 211 g/mol. The van der Waals surface area contributed by atoms with Gasteiger partial charge in [0.2, 0.25) is 0 Å². The molecule has 1 aliphatic heterocycles. The van der Waals surface area contributed by atoms with Gasteiger partial charge in [0, 0.05) is 18.3 Å². The van der Waals surface area contributed by atoms with Crippen LogP contribution in [0.3, 0.4) is 0 Å². The van der Waals surface area contributed by atoms with Crippen LogP contribution in [0.4, 0.5) is 11.4 Å². The van der Waals surface area contributed by atoms with Crippen LogP contribution in [0.5, 0.6) is 0 Å². The lowest BCUT2D eigenvalue weighted by atomic mass is 10.2. The number of benzene rings is 1. The summed E-state index contributed by atoms with van der Waals surface area (Å²) in [6.07, 6.45) is 2.53. The summed E-state index contributed by atoms with van der Waals surface area (Å²) < 4.78 is 0. The molecule has 0 radical (unpaired) electrons. The fourth-order valence-corrected chi connectivity index (χ4v) is 2.14. The van der Waals surface area contributed by atoms with Gasteiger partial charge in [0.05, 0.1) is 10.7 Å². The van der Waals surface area contributed by atoms with Gasteiger partial charge in [-0.25, -0.2) is 0 Å². The molecule has 2 nitrogen and oxygen atoms in total. The Kier molecular flexibility index (Phi) is 2.55. The van der Waals surface area contributed by atoms with Crippen LogP contribution < -0.4 is 10.6 Å². The van der Waals surface area contributed by atoms with E-state index in [9.17, 15) is 0 Å². The van der Waals surface area contributed by atoms with Crippen LogP contribution in [-0.2, 0) is 0 Å². The van der Waals surface area contributed by atoms with Gasteiger partial charge in [-0.05, 0) is 38.0 Å². The first-order valence-electron chi connectivity index (χ1n) is 5.00. The van der Waals surface area contributed by atoms with Crippen LogP contribution in [0.1, 0.15) is 19.8 Å². The fourth-order valence-electron chi connectivity index (χ4n) is 2.03. The molecule has 14 heavy (non-hydrogen) atoms. The number of nitrogens with zero attached hydrogens (tertiary/aromatic N) is 1. The van der Waals surface area contributed by atoms with Crippen LogP contribution in [0.2, 0.25) is 5.02 Å². The van der Waals surface area contributed by atoms with Crippen LogP contribution in [0.25, 0.3) is 0 Å². The molecule has 0 spiro atoms. The van der Waals surface area contributed by atoms with Crippen LogP contribution in [0, 0.1) is 0 Å². The topological polar surface area (TPSA) is 29.3 Å². The second kappa shape index (κ2) is 3.70. The number of hydrogen-bond acceptors (Lipinski definition) is 2. The van der Waals surface area contributed by atoms with Gasteiger partial charge < -0.3 is 10.6 Å². The zero-order chi connectivity index (χ0) is 10.1. The van der Waals surface area contributed by atoms with E-state index in [0.29, 0.717) is 16.8 Å². The molecule has 0 bridgehead atoms. The van der Waals surface area contributed by atoms with Crippen molar-refractivity contribution in [1.82, 2.24) is 0 Å². The van der Waals surface area contributed by atoms with Crippen molar-refractivity contribution >= 4 is 23.0 Å². The van der Waals surface area contributed by atoms with Gasteiger partial charge in [0.15, 0.2) is 0 Å². The van der Waals surface area contributed by atoms with Crippen molar-refractivity contribution in [1.29, 1.82) is 0 Å². The highest BCUT2D eigenvalue weighted by molar-refractivity contribution is 6.33. The van der Waals surface area contributed by atoms with Gasteiger partial charge >= 0.3 is 0 Å². The molecule has 1 saturated heterocycles. The molecule has 2 N–H and O–H groups in total. The molecule has 0 aromatic heterocycles. The van der Waals surface area contributed by atoms with Crippen molar-refractivity contribution in [2.45, 2.75) is 25.8 Å². The van der Waals surface area contributed by atoms with E-state index < -0.39 is 0 Å². The summed E-state index contributed by atoms with van der Waals surface area (Å²) in [4.78, 5) is 2.38. The van der Waals surface area contributed by atoms with E-state index in [-0.39, 0.29) is 0 Å². The number of halogens is 1. The SMILES string of the molecule is CC1CCCN1c1ccc(Cl)c(N)c1. The Hall–Kier alpha value is -0.890. The number of hydrogen-bond donors (Lipinski definition) is 1. The van der Waals surface area contributed by atoms with Crippen molar-refractivity contribution in [3.8, 4) is 0 Å². The van der Waals surface area contributed by atoms with E-state index in [4.69, 9.17) is 17.3 Å². The van der Waals surface area contributed by atoms with E-state index in [1.807, 2.05) is 18.2 Å². The van der Waals surface area contributed by atoms with E-state index in [2.05, 4.69) is 11.8 Å². The van der Waals surface area contributed by atoms with Gasteiger partial charge in [-0.15, -0.1) is 0 Å². The van der Waals surface area contributed by atoms with Crippen molar-refractivity contribution in [2.75, 3.05) is 17.2 Å². The molecule has 1 atom stereocenters. The normalized spacial score (nSPS) is 21.6. The lowest BCUT2D eigenvalue weighted by molar-refractivity contribution is 0.735. The Morgan fingerprint density at radius 3 is 2.86 bits per heavy atom. The standard InChI is InChI=1S/C11H15ClN2/c1-8-3-2-6-14(8)9-4-5-10(12)11(13)7-9/h4-5,7-8H,2-3,6,13H2,1H3. The van der Waals surface area contributed by atoms with Crippen LogP contribution in [0.15, 0.2) is 18.2 Å². The molecule has 0 amide bonds. The predicted octanol–water partition coefficient (Wildman–Crippen LogP) is 2.91. The summed E-state index contributed by atoms with van der Waals surface area (Å²) in [5.74, 6) is 0. The molecular formula is C11H15ClN2. The maximum Gasteiger partial charge on any atom is 0.0636 e. The Labute approximate surface area is 89.7 Å². The molecule has 76 valence electrons. The molecule has 1 unspecified atom stereocenters. The summed E-state index contributed by atoms with van der Waals surface area (Å²) in [6, 6.07) is 6.50. The summed E-state index contributed by atoms with van der Waals surface area (Å²) in [7, 11) is 0. The number of rotatable bonds is 1. The van der Waals surface area contributed by atoms with Gasteiger partial charge in [0.25, 0.3) is 0 Å². The van der Waals surface area contributed by atoms with Gasteiger partial charge in [-0.3, -0.25) is 0 Å². The predicted molar refractivity (Wildman–Crippen MR) is 61.9 cm³/mol. The molecule has 1 aromatic carbocycles. The quantitative estimate of drug-likeness (QED) is 0.723. The lowest BCUT2D eigenvalue weighted by Crippen LogP contribution is -2.26. The number of anilines is 2. The molecule has 1 fully saturated rings. The highest BCUT2D eigenvalue weighted by Gasteiger charge is 2.20. The second-order valence-corrected chi connectivity index (χ2v) is 4.30. The smallest absolute Gasteiger partial charge is 0.0636 e. The van der Waals surface area contributed by atoms with E-state index >= 15 is 0 Å². The van der Waals surface area contributed by atoms with Crippen LogP contribution >= 0.6 is 11.6 Å². The molecule has 1 heterocycles. The van der Waals surface area contributed by atoms with Crippen molar-refractivity contribution in [2.24, 2.45) is 0 Å². The van der Waals surface area contributed by atoms with Crippen molar-refractivity contribution < 1.29 is 0 Å². The molecule has 1 aliphatic rings. The van der Waals surface area contributed by atoms with E-state index in [1.165, 1.54) is 18.5 Å². The largest absolute Gasteiger partial charge is 0.397 e. The molecule has 3 heteroatoms. The first-order chi connectivity index (χ1) is 6.68. The minimum atomic E-state index is 0.621. The van der Waals surface area contributed by atoms with Gasteiger partial charge in [-0.1, -0.05) is 11.6 Å². The second-order valence-electron chi connectivity index (χ2n) is 3.89. The summed E-state index contributed by atoms with van der Waals surface area (Å²) >= 11 is 5.88. The highest BCUT2D eigenvalue weighted by atomic mass is 35.5. The Morgan fingerprint density at radius 2 is 2.29 bits per heavy atom. The Morgan fingerprint density at radius 1 is 1.50 bits per heavy atom. The maximum absolute atomic E-state index is 5.88. The third-order valence-electron chi connectivity index (χ3n) is 2.86. The average Bonchev–Trinajstić information content (AvgIpc) is 2.57. The van der Waals surface area contributed by atoms with Gasteiger partial charge in [0.1, 0.15) is 0 Å². The molecule has 0 saturated carbocycles. The molecule has 1 aromatic rings. The molecular weight excluding hydrogens is 196 g/mol. The van der Waals surface area contributed by atoms with Crippen LogP contribution in [-0.4, -0.2) is 12.6 Å². The minimum absolute atomic E-state index is 0.621. The lowest BCUT2D eigenvalue weighted by Gasteiger charge is -2.24. The van der Waals surface area contributed by atoms with Gasteiger partial charge in [-0.2, -0.15) is 0 Å². The third-order valence-corrected chi connectivity index (χ3v) is 3.21. The summed E-state index contributed by atoms with van der Waals surface area (Å²) in [6.45, 7) is 3.38. The Balaban J connectivity index is 2.28. The number of nitrogens with two attached hydrogens (primary N) is 1. The minimum Gasteiger partial charge on any atom is -0.397 e. The van der Waals surface area contributed by atoms with Crippen molar-refractivity contribution in [3.63, 3.8) is 0 Å². The highest BCUT2D eigenvalue weighted by Crippen LogP contribution is 2.29.